The first kappa shape index (κ1) is 11.9. The minimum atomic E-state index is -0.491. The number of phenolic OH excluding ortho intramolecular Hbond substituents is 1. The lowest BCUT2D eigenvalue weighted by Gasteiger charge is -2.04. The molecule has 0 heterocycles. The fraction of sp³-hybridized carbons (Fsp3) is 0.333. The molecule has 15 heavy (non-hydrogen) atoms. The van der Waals surface area contributed by atoms with E-state index in [4.69, 9.17) is 5.73 Å². The summed E-state index contributed by atoms with van der Waals surface area (Å²) >= 11 is 3.02. The van der Waals surface area contributed by atoms with Crippen LogP contribution >= 0.6 is 15.9 Å². The van der Waals surface area contributed by atoms with Crippen LogP contribution in [0.2, 0.25) is 0 Å². The van der Waals surface area contributed by atoms with Gasteiger partial charge in [0.25, 0.3) is 5.69 Å². The van der Waals surface area contributed by atoms with Gasteiger partial charge < -0.3 is 10.8 Å². The molecule has 0 aliphatic carbocycles. The fourth-order valence-corrected chi connectivity index (χ4v) is 1.70. The quantitative estimate of drug-likeness (QED) is 0.649. The van der Waals surface area contributed by atoms with Crippen molar-refractivity contribution in [1.29, 1.82) is 0 Å². The maximum atomic E-state index is 10.6. The standard InChI is InChI=1S/C9H11BrN2O3/c10-7-5-9(13)6(2-1-3-11)4-8(7)12(14)15/h4-5,13H,1-3,11H2. The highest BCUT2D eigenvalue weighted by Crippen LogP contribution is 2.32. The van der Waals surface area contributed by atoms with E-state index in [9.17, 15) is 15.2 Å². The number of nitro groups is 1. The van der Waals surface area contributed by atoms with E-state index in [1.807, 2.05) is 0 Å². The van der Waals surface area contributed by atoms with E-state index in [2.05, 4.69) is 15.9 Å². The first-order chi connectivity index (χ1) is 7.06. The Hall–Kier alpha value is -1.14. The highest BCUT2D eigenvalue weighted by molar-refractivity contribution is 9.10. The van der Waals surface area contributed by atoms with Gasteiger partial charge in [0.05, 0.1) is 9.40 Å². The monoisotopic (exact) mass is 274 g/mol. The van der Waals surface area contributed by atoms with E-state index in [-0.39, 0.29) is 15.9 Å². The summed E-state index contributed by atoms with van der Waals surface area (Å²) in [6.45, 7) is 0.489. The molecular weight excluding hydrogens is 264 g/mol. The zero-order chi connectivity index (χ0) is 11.4. The first-order valence-corrected chi connectivity index (χ1v) is 5.21. The molecular formula is C9H11BrN2O3. The Kier molecular flexibility index (Phi) is 4.05. The van der Waals surface area contributed by atoms with Gasteiger partial charge in [-0.05, 0) is 35.3 Å². The fourth-order valence-electron chi connectivity index (χ4n) is 1.23. The Morgan fingerprint density at radius 3 is 2.73 bits per heavy atom. The summed E-state index contributed by atoms with van der Waals surface area (Å²) in [5.74, 6) is 0.0564. The molecule has 0 radical (unpaired) electrons. The SMILES string of the molecule is NCCCc1cc([N+](=O)[O-])c(Br)cc1O. The molecule has 0 saturated carbocycles. The lowest BCUT2D eigenvalue weighted by Crippen LogP contribution is -2.01. The predicted molar refractivity (Wildman–Crippen MR) is 59.8 cm³/mol. The number of rotatable bonds is 4. The number of phenols is 1. The number of nitro benzene ring substituents is 1. The number of benzene rings is 1. The maximum absolute atomic E-state index is 10.6. The lowest BCUT2D eigenvalue weighted by atomic mass is 10.1. The first-order valence-electron chi connectivity index (χ1n) is 4.42. The summed E-state index contributed by atoms with van der Waals surface area (Å²) in [5.41, 5.74) is 5.84. The van der Waals surface area contributed by atoms with E-state index >= 15 is 0 Å². The highest BCUT2D eigenvalue weighted by Gasteiger charge is 2.15. The number of hydrogen-bond donors (Lipinski definition) is 2. The molecule has 0 bridgehead atoms. The van der Waals surface area contributed by atoms with Crippen molar-refractivity contribution in [2.24, 2.45) is 5.73 Å². The summed E-state index contributed by atoms with van der Waals surface area (Å²) in [7, 11) is 0. The van der Waals surface area contributed by atoms with E-state index in [0.29, 0.717) is 24.9 Å². The van der Waals surface area contributed by atoms with Crippen LogP contribution in [0.15, 0.2) is 16.6 Å². The van der Waals surface area contributed by atoms with Gasteiger partial charge in [0.15, 0.2) is 0 Å². The second-order valence-corrected chi connectivity index (χ2v) is 3.94. The maximum Gasteiger partial charge on any atom is 0.284 e. The average molecular weight is 275 g/mol. The smallest absolute Gasteiger partial charge is 0.284 e. The molecule has 0 aromatic heterocycles. The van der Waals surface area contributed by atoms with Gasteiger partial charge in [-0.3, -0.25) is 10.1 Å². The van der Waals surface area contributed by atoms with Gasteiger partial charge in [0, 0.05) is 17.7 Å². The van der Waals surface area contributed by atoms with Crippen LogP contribution in [0, 0.1) is 10.1 Å². The Labute approximate surface area is 95.2 Å². The molecule has 0 fully saturated rings. The van der Waals surface area contributed by atoms with Crippen LogP contribution in [0.25, 0.3) is 0 Å². The molecule has 0 amide bonds. The molecule has 6 heteroatoms. The number of nitrogens with zero attached hydrogens (tertiary/aromatic N) is 1. The predicted octanol–water partition coefficient (Wildman–Crippen LogP) is 1.95. The van der Waals surface area contributed by atoms with Crippen molar-refractivity contribution in [3.05, 3.63) is 32.3 Å². The summed E-state index contributed by atoms with van der Waals surface area (Å²) in [5, 5.41) is 20.2. The minimum absolute atomic E-state index is 0.0418. The largest absolute Gasteiger partial charge is 0.508 e. The minimum Gasteiger partial charge on any atom is -0.508 e. The van der Waals surface area contributed by atoms with Gasteiger partial charge in [-0.25, -0.2) is 0 Å². The Morgan fingerprint density at radius 2 is 2.20 bits per heavy atom. The van der Waals surface area contributed by atoms with E-state index in [0.717, 1.165) is 0 Å². The van der Waals surface area contributed by atoms with Gasteiger partial charge in [0.1, 0.15) is 5.75 Å². The Morgan fingerprint density at radius 1 is 1.53 bits per heavy atom. The van der Waals surface area contributed by atoms with Crippen LogP contribution in [0.5, 0.6) is 5.75 Å². The zero-order valence-electron chi connectivity index (χ0n) is 7.94. The summed E-state index contributed by atoms with van der Waals surface area (Å²) in [6.07, 6.45) is 1.23. The molecule has 1 rings (SSSR count). The van der Waals surface area contributed by atoms with Crippen LogP contribution in [-0.2, 0) is 6.42 Å². The number of aromatic hydroxyl groups is 1. The molecule has 0 aliphatic rings. The highest BCUT2D eigenvalue weighted by atomic mass is 79.9. The van der Waals surface area contributed by atoms with Crippen LogP contribution in [0.3, 0.4) is 0 Å². The van der Waals surface area contributed by atoms with Crippen molar-refractivity contribution in [2.45, 2.75) is 12.8 Å². The van der Waals surface area contributed by atoms with Gasteiger partial charge in [-0.2, -0.15) is 0 Å². The molecule has 1 aromatic carbocycles. The van der Waals surface area contributed by atoms with Crippen molar-refractivity contribution in [2.75, 3.05) is 6.54 Å². The lowest BCUT2D eigenvalue weighted by molar-refractivity contribution is -0.385. The molecule has 0 saturated heterocycles. The van der Waals surface area contributed by atoms with Crippen LogP contribution in [0.1, 0.15) is 12.0 Å². The zero-order valence-corrected chi connectivity index (χ0v) is 9.53. The van der Waals surface area contributed by atoms with Crippen molar-refractivity contribution in [3.63, 3.8) is 0 Å². The van der Waals surface area contributed by atoms with Crippen LogP contribution < -0.4 is 5.73 Å². The molecule has 3 N–H and O–H groups in total. The molecule has 82 valence electrons. The van der Waals surface area contributed by atoms with Crippen molar-refractivity contribution in [3.8, 4) is 5.75 Å². The van der Waals surface area contributed by atoms with E-state index in [1.54, 1.807) is 0 Å². The Bertz CT molecular complexity index is 382. The average Bonchev–Trinajstić information content (AvgIpc) is 2.16. The third kappa shape index (κ3) is 2.90. The van der Waals surface area contributed by atoms with Crippen LogP contribution in [0.4, 0.5) is 5.69 Å². The number of halogens is 1. The van der Waals surface area contributed by atoms with Crippen molar-refractivity contribution in [1.82, 2.24) is 0 Å². The second-order valence-electron chi connectivity index (χ2n) is 3.08. The molecule has 1 aromatic rings. The molecule has 0 unspecified atom stereocenters. The van der Waals surface area contributed by atoms with Gasteiger partial charge in [-0.15, -0.1) is 0 Å². The van der Waals surface area contributed by atoms with Crippen molar-refractivity contribution >= 4 is 21.6 Å². The number of nitrogens with two attached hydrogens (primary N) is 1. The van der Waals surface area contributed by atoms with E-state index in [1.165, 1.54) is 12.1 Å². The number of aryl methyl sites for hydroxylation is 1. The van der Waals surface area contributed by atoms with Gasteiger partial charge in [0.2, 0.25) is 0 Å². The molecule has 0 spiro atoms. The topological polar surface area (TPSA) is 89.4 Å². The van der Waals surface area contributed by atoms with Gasteiger partial charge in [-0.1, -0.05) is 0 Å². The van der Waals surface area contributed by atoms with Crippen LogP contribution in [-0.4, -0.2) is 16.6 Å². The van der Waals surface area contributed by atoms with E-state index < -0.39 is 4.92 Å². The van der Waals surface area contributed by atoms with Gasteiger partial charge >= 0.3 is 0 Å². The second kappa shape index (κ2) is 5.09. The normalized spacial score (nSPS) is 10.3. The summed E-state index contributed by atoms with van der Waals surface area (Å²) in [4.78, 5) is 10.1. The third-order valence-corrected chi connectivity index (χ3v) is 2.63. The third-order valence-electron chi connectivity index (χ3n) is 2.00. The number of hydrogen-bond acceptors (Lipinski definition) is 4. The summed E-state index contributed by atoms with van der Waals surface area (Å²) < 4.78 is 0.279. The Balaban J connectivity index is 3.06. The molecule has 0 aliphatic heterocycles. The molecule has 5 nitrogen and oxygen atoms in total. The van der Waals surface area contributed by atoms with Crippen molar-refractivity contribution < 1.29 is 10.0 Å². The molecule has 0 atom stereocenters. The summed E-state index contributed by atoms with van der Waals surface area (Å²) in [6, 6.07) is 2.71.